The van der Waals surface area contributed by atoms with Gasteiger partial charge in [0.1, 0.15) is 0 Å². The van der Waals surface area contributed by atoms with Gasteiger partial charge < -0.3 is 9.84 Å². The van der Waals surface area contributed by atoms with Crippen LogP contribution in [0, 0.1) is 0 Å². The van der Waals surface area contributed by atoms with E-state index in [1.807, 2.05) is 0 Å². The van der Waals surface area contributed by atoms with Crippen molar-refractivity contribution in [3.05, 3.63) is 12.8 Å². The van der Waals surface area contributed by atoms with Gasteiger partial charge in [-0.25, -0.2) is 0 Å². The molecule has 0 bridgehead atoms. The quantitative estimate of drug-likeness (QED) is 0.223. The van der Waals surface area contributed by atoms with Crippen LogP contribution in [0.2, 0.25) is 0 Å². The Morgan fingerprint density at radius 2 is 2.29 bits per heavy atom. The van der Waals surface area contributed by atoms with Crippen molar-refractivity contribution in [1.29, 1.82) is 0 Å². The first-order valence-corrected chi connectivity index (χ1v) is 1.72. The minimum Gasteiger partial charge on any atom is -0.852 e. The van der Waals surface area contributed by atoms with Crippen LogP contribution in [0.5, 0.6) is 0 Å². The number of rotatable bonds is 3. The summed E-state index contributed by atoms with van der Waals surface area (Å²) >= 11 is 0. The number of ether oxygens (including phenoxy) is 1. The molecule has 0 aliphatic rings. The molecule has 36 valence electrons. The Labute approximate surface area is 86.0 Å². The summed E-state index contributed by atoms with van der Waals surface area (Å²) in [4.78, 5) is 0. The minimum absolute atomic E-state index is 0. The van der Waals surface area contributed by atoms with E-state index >= 15 is 0 Å². The molecule has 0 aliphatic carbocycles. The zero-order chi connectivity index (χ0) is 4.83. The van der Waals surface area contributed by atoms with Crippen LogP contribution < -0.4 is 56.5 Å². The zero-order valence-electron chi connectivity index (χ0n) is 4.52. The van der Waals surface area contributed by atoms with Crippen LogP contribution in [-0.2, 0) is 4.74 Å². The van der Waals surface area contributed by atoms with E-state index in [0.717, 1.165) is 0 Å². The molecule has 0 rings (SSSR count). The second kappa shape index (κ2) is 10.2. The van der Waals surface area contributed by atoms with Crippen LogP contribution in [0.3, 0.4) is 0 Å². The van der Waals surface area contributed by atoms with E-state index in [1.165, 1.54) is 6.26 Å². The predicted molar refractivity (Wildman–Crippen MR) is 21.0 cm³/mol. The van der Waals surface area contributed by atoms with Crippen molar-refractivity contribution in [1.82, 2.24) is 0 Å². The van der Waals surface area contributed by atoms with E-state index in [2.05, 4.69) is 11.3 Å². The maximum Gasteiger partial charge on any atom is 1.00 e. The predicted octanol–water partition coefficient (Wildman–Crippen LogP) is -3.49. The van der Waals surface area contributed by atoms with E-state index in [-0.39, 0.29) is 64.6 Å². The van der Waals surface area contributed by atoms with Gasteiger partial charge >= 0.3 is 51.4 Å². The minimum atomic E-state index is -0.188. The van der Waals surface area contributed by atoms with Crippen LogP contribution in [0.1, 0.15) is 0 Å². The Morgan fingerprint density at radius 3 is 2.43 bits per heavy atom. The smallest absolute Gasteiger partial charge is 0.852 e. The normalized spacial score (nSPS) is 6.43. The molecule has 0 N–H and O–H groups in total. The maximum atomic E-state index is 9.52. The monoisotopic (exact) mass is 126 g/mol. The molecule has 0 aliphatic heterocycles. The Bertz CT molecular complexity index is 38.7. The Kier molecular flexibility index (Phi) is 16.0. The van der Waals surface area contributed by atoms with Gasteiger partial charge in [0, 0.05) is 0 Å². The summed E-state index contributed by atoms with van der Waals surface area (Å²) in [6, 6.07) is 0. The standard InChI is InChI=1S/C4H7O2.K/c1-2-6-4-3-5;/h2H,1,3-4H2;/q-1;+1. The average Bonchev–Trinajstić information content (AvgIpc) is 1.61. The summed E-state index contributed by atoms with van der Waals surface area (Å²) in [5.41, 5.74) is 0. The van der Waals surface area contributed by atoms with Crippen molar-refractivity contribution in [2.45, 2.75) is 0 Å². The summed E-state index contributed by atoms with van der Waals surface area (Å²) in [6.45, 7) is 3.29. The third-order valence-corrected chi connectivity index (χ3v) is 0.319. The summed E-state index contributed by atoms with van der Waals surface area (Å²) in [5, 5.41) is 9.52. The molecule has 0 aromatic heterocycles. The van der Waals surface area contributed by atoms with Crippen LogP contribution in [0.15, 0.2) is 12.8 Å². The van der Waals surface area contributed by atoms with Gasteiger partial charge in [-0.1, -0.05) is 6.58 Å². The van der Waals surface area contributed by atoms with E-state index in [0.29, 0.717) is 0 Å². The fourth-order valence-corrected chi connectivity index (χ4v) is 0.131. The molecule has 0 amide bonds. The molecule has 0 saturated carbocycles. The SMILES string of the molecule is C=COCC[O-].[K+]. The topological polar surface area (TPSA) is 32.3 Å². The van der Waals surface area contributed by atoms with E-state index < -0.39 is 0 Å². The van der Waals surface area contributed by atoms with Crippen molar-refractivity contribution in [2.24, 2.45) is 0 Å². The second-order valence-electron chi connectivity index (χ2n) is 0.742. The van der Waals surface area contributed by atoms with Crippen LogP contribution in [0.4, 0.5) is 0 Å². The fraction of sp³-hybridized carbons (Fsp3) is 0.500. The van der Waals surface area contributed by atoms with Crippen LogP contribution in [0.25, 0.3) is 0 Å². The molecule has 0 heterocycles. The summed E-state index contributed by atoms with van der Waals surface area (Å²) in [7, 11) is 0. The third-order valence-electron chi connectivity index (χ3n) is 0.319. The Morgan fingerprint density at radius 1 is 1.71 bits per heavy atom. The van der Waals surface area contributed by atoms with Crippen molar-refractivity contribution in [3.8, 4) is 0 Å². The summed E-state index contributed by atoms with van der Waals surface area (Å²) in [6.07, 6.45) is 1.26. The van der Waals surface area contributed by atoms with Gasteiger partial charge in [-0.05, 0) is 0 Å². The van der Waals surface area contributed by atoms with Gasteiger partial charge in [-0.15, -0.1) is 6.61 Å². The molecule has 0 aromatic rings. The number of hydrogen-bond donors (Lipinski definition) is 0. The first-order valence-electron chi connectivity index (χ1n) is 1.72. The van der Waals surface area contributed by atoms with Gasteiger partial charge in [-0.3, -0.25) is 0 Å². The zero-order valence-corrected chi connectivity index (χ0v) is 7.64. The molecule has 0 atom stereocenters. The Hall–Kier alpha value is 1.14. The van der Waals surface area contributed by atoms with E-state index in [9.17, 15) is 5.11 Å². The van der Waals surface area contributed by atoms with Crippen molar-refractivity contribution < 1.29 is 61.2 Å². The van der Waals surface area contributed by atoms with Gasteiger partial charge in [0.25, 0.3) is 0 Å². The van der Waals surface area contributed by atoms with E-state index in [4.69, 9.17) is 0 Å². The van der Waals surface area contributed by atoms with Crippen molar-refractivity contribution in [3.63, 3.8) is 0 Å². The average molecular weight is 126 g/mol. The molecule has 0 fully saturated rings. The van der Waals surface area contributed by atoms with Crippen molar-refractivity contribution >= 4 is 0 Å². The summed E-state index contributed by atoms with van der Waals surface area (Å²) < 4.78 is 4.43. The molecule has 7 heavy (non-hydrogen) atoms. The van der Waals surface area contributed by atoms with Gasteiger partial charge in [0.05, 0.1) is 12.9 Å². The third kappa shape index (κ3) is 11.0. The molecule has 3 heteroatoms. The Balaban J connectivity index is 0. The molecule has 0 aromatic carbocycles. The molecule has 0 radical (unpaired) electrons. The first kappa shape index (κ1) is 11.0. The van der Waals surface area contributed by atoms with Crippen molar-refractivity contribution in [2.75, 3.05) is 13.2 Å². The molecule has 0 unspecified atom stereocenters. The van der Waals surface area contributed by atoms with Gasteiger partial charge in [-0.2, -0.15) is 0 Å². The number of hydrogen-bond acceptors (Lipinski definition) is 2. The molecule has 0 saturated heterocycles. The molecule has 0 spiro atoms. The van der Waals surface area contributed by atoms with Crippen LogP contribution in [-0.4, -0.2) is 13.2 Å². The second-order valence-corrected chi connectivity index (χ2v) is 0.742. The molecular weight excluding hydrogens is 119 g/mol. The first-order chi connectivity index (χ1) is 2.91. The van der Waals surface area contributed by atoms with Gasteiger partial charge in [0.15, 0.2) is 0 Å². The van der Waals surface area contributed by atoms with E-state index in [1.54, 1.807) is 0 Å². The summed E-state index contributed by atoms with van der Waals surface area (Å²) in [5.74, 6) is 0. The van der Waals surface area contributed by atoms with Gasteiger partial charge in [0.2, 0.25) is 0 Å². The maximum absolute atomic E-state index is 9.52. The molecular formula is C4H7KO2. The fourth-order valence-electron chi connectivity index (χ4n) is 0.131. The van der Waals surface area contributed by atoms with Crippen LogP contribution >= 0.6 is 0 Å². The largest absolute Gasteiger partial charge is 1.00 e. The molecule has 2 nitrogen and oxygen atoms in total.